The molecule has 0 saturated heterocycles. The summed E-state index contributed by atoms with van der Waals surface area (Å²) in [5.41, 5.74) is 5.46. The van der Waals surface area contributed by atoms with Crippen LogP contribution in [-0.4, -0.2) is 58.8 Å². The van der Waals surface area contributed by atoms with Gasteiger partial charge in [-0.15, -0.1) is 0 Å². The van der Waals surface area contributed by atoms with Crippen molar-refractivity contribution in [3.05, 3.63) is 71.0 Å². The Labute approximate surface area is 213 Å². The first-order valence-electron chi connectivity index (χ1n) is 13.0. The van der Waals surface area contributed by atoms with Crippen LogP contribution in [0.4, 0.5) is 0 Å². The maximum absolute atomic E-state index is 13.5. The molecule has 0 bridgehead atoms. The number of ether oxygens (including phenoxy) is 2. The van der Waals surface area contributed by atoms with Crippen molar-refractivity contribution in [3.63, 3.8) is 0 Å². The fraction of sp³-hybridized carbons (Fsp3) is 0.448. The fourth-order valence-electron chi connectivity index (χ4n) is 5.17. The van der Waals surface area contributed by atoms with Gasteiger partial charge in [0.1, 0.15) is 17.2 Å². The van der Waals surface area contributed by atoms with Crippen LogP contribution in [0.25, 0.3) is 5.69 Å². The molecule has 36 heavy (non-hydrogen) atoms. The Morgan fingerprint density at radius 2 is 1.86 bits per heavy atom. The van der Waals surface area contributed by atoms with Crippen LogP contribution in [-0.2, 0) is 30.7 Å². The summed E-state index contributed by atoms with van der Waals surface area (Å²) in [7, 11) is 3.35. The van der Waals surface area contributed by atoms with Gasteiger partial charge in [-0.05, 0) is 55.6 Å². The van der Waals surface area contributed by atoms with E-state index in [4.69, 9.17) is 14.6 Å². The molecule has 190 valence electrons. The van der Waals surface area contributed by atoms with Crippen molar-refractivity contribution in [3.8, 4) is 17.2 Å². The molecule has 0 atom stereocenters. The Bertz CT molecular complexity index is 1200. The van der Waals surface area contributed by atoms with E-state index >= 15 is 0 Å². The number of hydrogen-bond acceptors (Lipinski definition) is 5. The molecule has 1 aliphatic heterocycles. The van der Waals surface area contributed by atoms with Gasteiger partial charge in [0.15, 0.2) is 0 Å². The molecule has 5 rings (SSSR count). The van der Waals surface area contributed by atoms with Gasteiger partial charge in [-0.2, -0.15) is 5.10 Å². The number of amides is 1. The van der Waals surface area contributed by atoms with Crippen molar-refractivity contribution in [2.75, 3.05) is 27.3 Å². The van der Waals surface area contributed by atoms with E-state index in [0.29, 0.717) is 19.0 Å². The van der Waals surface area contributed by atoms with Crippen molar-refractivity contribution < 1.29 is 14.3 Å². The number of fused-ring (bicyclic) bond motifs is 1. The van der Waals surface area contributed by atoms with Gasteiger partial charge in [0.25, 0.3) is 0 Å². The molecule has 1 aromatic heterocycles. The van der Waals surface area contributed by atoms with Crippen LogP contribution in [0, 0.1) is 0 Å². The number of nitrogens with zero attached hydrogens (tertiary/aromatic N) is 4. The molecule has 1 amide bonds. The number of aromatic nitrogens is 2. The van der Waals surface area contributed by atoms with Gasteiger partial charge in [0, 0.05) is 31.1 Å². The molecular weight excluding hydrogens is 452 g/mol. The Hall–Kier alpha value is -3.32. The maximum atomic E-state index is 13.5. The summed E-state index contributed by atoms with van der Waals surface area (Å²) in [6.45, 7) is 5.73. The highest BCUT2D eigenvalue weighted by Gasteiger charge is 2.35. The van der Waals surface area contributed by atoms with E-state index in [2.05, 4.69) is 27.5 Å². The van der Waals surface area contributed by atoms with E-state index in [1.807, 2.05) is 42.5 Å². The van der Waals surface area contributed by atoms with E-state index in [0.717, 1.165) is 73.8 Å². The number of carbonyl (C=O) groups excluding carboxylic acids is 1. The van der Waals surface area contributed by atoms with Crippen LogP contribution >= 0.6 is 0 Å². The molecular formula is C29H36N4O3. The maximum Gasteiger partial charge on any atom is 0.227 e. The minimum absolute atomic E-state index is 0.157. The van der Waals surface area contributed by atoms with E-state index < -0.39 is 0 Å². The van der Waals surface area contributed by atoms with Crippen LogP contribution in [0.2, 0.25) is 0 Å². The monoisotopic (exact) mass is 488 g/mol. The Morgan fingerprint density at radius 3 is 2.56 bits per heavy atom. The quantitative estimate of drug-likeness (QED) is 0.424. The van der Waals surface area contributed by atoms with E-state index in [-0.39, 0.29) is 5.91 Å². The lowest BCUT2D eigenvalue weighted by atomic mass is 10.0. The first kappa shape index (κ1) is 24.4. The number of benzene rings is 2. The lowest BCUT2D eigenvalue weighted by molar-refractivity contribution is -0.131. The average molecular weight is 489 g/mol. The third-order valence-corrected chi connectivity index (χ3v) is 7.22. The van der Waals surface area contributed by atoms with E-state index in [9.17, 15) is 4.79 Å². The van der Waals surface area contributed by atoms with Crippen LogP contribution in [0.3, 0.4) is 0 Å². The van der Waals surface area contributed by atoms with Crippen molar-refractivity contribution >= 4 is 5.91 Å². The largest absolute Gasteiger partial charge is 0.497 e. The molecule has 7 heteroatoms. The summed E-state index contributed by atoms with van der Waals surface area (Å²) in [6, 6.07) is 16.1. The zero-order valence-corrected chi connectivity index (χ0v) is 21.6. The smallest absolute Gasteiger partial charge is 0.227 e. The van der Waals surface area contributed by atoms with Gasteiger partial charge < -0.3 is 14.4 Å². The van der Waals surface area contributed by atoms with E-state index in [1.165, 1.54) is 11.3 Å². The number of hydrogen-bond donors (Lipinski definition) is 0. The van der Waals surface area contributed by atoms with Crippen molar-refractivity contribution in [2.24, 2.45) is 0 Å². The first-order valence-corrected chi connectivity index (χ1v) is 13.0. The minimum atomic E-state index is 0.157. The van der Waals surface area contributed by atoms with Gasteiger partial charge in [-0.25, -0.2) is 4.68 Å². The summed E-state index contributed by atoms with van der Waals surface area (Å²) in [5, 5.41) is 5.13. The molecule has 2 heterocycles. The summed E-state index contributed by atoms with van der Waals surface area (Å²) >= 11 is 0. The predicted octanol–water partition coefficient (Wildman–Crippen LogP) is 4.39. The van der Waals surface area contributed by atoms with Crippen LogP contribution < -0.4 is 9.47 Å². The standard InChI is InChI=1S/C29H36N4O3/c1-4-16-31-17-15-26-24(19-31)25(30-33(26)27-7-5-6-8-28(27)36-3)20-32(22-11-12-22)29(34)18-21-9-13-23(35-2)14-10-21/h5-10,13-14,22H,4,11-12,15-20H2,1-3H3. The van der Waals surface area contributed by atoms with Crippen molar-refractivity contribution in [1.82, 2.24) is 19.6 Å². The van der Waals surface area contributed by atoms with Gasteiger partial charge in [-0.3, -0.25) is 9.69 Å². The van der Waals surface area contributed by atoms with Crippen molar-refractivity contribution in [2.45, 2.75) is 58.2 Å². The van der Waals surface area contributed by atoms with Crippen LogP contribution in [0.15, 0.2) is 48.5 Å². The predicted molar refractivity (Wildman–Crippen MR) is 140 cm³/mol. The molecule has 2 aliphatic rings. The molecule has 0 spiro atoms. The molecule has 2 aromatic carbocycles. The lowest BCUT2D eigenvalue weighted by Gasteiger charge is -2.28. The van der Waals surface area contributed by atoms with Gasteiger partial charge >= 0.3 is 0 Å². The Morgan fingerprint density at radius 1 is 1.08 bits per heavy atom. The molecule has 1 fully saturated rings. The van der Waals surface area contributed by atoms with Gasteiger partial charge in [0.2, 0.25) is 5.91 Å². The minimum Gasteiger partial charge on any atom is -0.497 e. The molecule has 3 aromatic rings. The highest BCUT2D eigenvalue weighted by Crippen LogP contribution is 2.33. The van der Waals surface area contributed by atoms with Crippen LogP contribution in [0.1, 0.15) is 48.7 Å². The molecule has 7 nitrogen and oxygen atoms in total. The van der Waals surface area contributed by atoms with Gasteiger partial charge in [-0.1, -0.05) is 31.2 Å². The Kier molecular flexibility index (Phi) is 7.28. The molecule has 0 radical (unpaired) electrons. The third kappa shape index (κ3) is 5.12. The fourth-order valence-corrected chi connectivity index (χ4v) is 5.17. The zero-order valence-electron chi connectivity index (χ0n) is 21.6. The molecule has 1 aliphatic carbocycles. The number of rotatable bonds is 10. The van der Waals surface area contributed by atoms with Gasteiger partial charge in [0.05, 0.1) is 38.6 Å². The normalized spacial score (nSPS) is 15.4. The number of para-hydroxylation sites is 2. The second kappa shape index (κ2) is 10.7. The zero-order chi connectivity index (χ0) is 25.1. The second-order valence-electron chi connectivity index (χ2n) is 9.76. The molecule has 0 unspecified atom stereocenters. The molecule has 0 N–H and O–H groups in total. The third-order valence-electron chi connectivity index (χ3n) is 7.22. The summed E-state index contributed by atoms with van der Waals surface area (Å²) < 4.78 is 13.0. The highest BCUT2D eigenvalue weighted by molar-refractivity contribution is 5.79. The van der Waals surface area contributed by atoms with Crippen molar-refractivity contribution in [1.29, 1.82) is 0 Å². The number of carbonyl (C=O) groups is 1. The summed E-state index contributed by atoms with van der Waals surface area (Å²) in [4.78, 5) is 18.0. The lowest BCUT2D eigenvalue weighted by Crippen LogP contribution is -2.35. The number of methoxy groups -OCH3 is 2. The van der Waals surface area contributed by atoms with E-state index in [1.54, 1.807) is 14.2 Å². The van der Waals surface area contributed by atoms with Crippen LogP contribution in [0.5, 0.6) is 11.5 Å². The summed E-state index contributed by atoms with van der Waals surface area (Å²) in [5.74, 6) is 1.76. The highest BCUT2D eigenvalue weighted by atomic mass is 16.5. The Balaban J connectivity index is 1.45. The second-order valence-corrected chi connectivity index (χ2v) is 9.76. The SMILES string of the molecule is CCCN1CCc2c(c(CN(C(=O)Cc3ccc(OC)cc3)C3CC3)nn2-c2ccccc2OC)C1. The molecule has 1 saturated carbocycles. The first-order chi connectivity index (χ1) is 17.6. The summed E-state index contributed by atoms with van der Waals surface area (Å²) in [6.07, 6.45) is 4.57. The topological polar surface area (TPSA) is 59.8 Å². The average Bonchev–Trinajstić information content (AvgIpc) is 3.69.